The fourth-order valence-electron chi connectivity index (χ4n) is 1.66. The second kappa shape index (κ2) is 5.97. The zero-order chi connectivity index (χ0) is 12.8. The summed E-state index contributed by atoms with van der Waals surface area (Å²) in [5.74, 6) is 6.81. The van der Waals surface area contributed by atoms with Crippen LogP contribution in [-0.2, 0) is 6.54 Å². The van der Waals surface area contributed by atoms with Gasteiger partial charge < -0.3 is 15.3 Å². The summed E-state index contributed by atoms with van der Waals surface area (Å²) in [6.45, 7) is 3.69. The van der Waals surface area contributed by atoms with Crippen LogP contribution >= 0.6 is 0 Å². The normalized spacial score (nSPS) is 10.3. The molecule has 0 aliphatic heterocycles. The summed E-state index contributed by atoms with van der Waals surface area (Å²) in [5.41, 5.74) is 3.46. The number of nitrogens with zero attached hydrogens (tertiary/aromatic N) is 4. The van der Waals surface area contributed by atoms with Gasteiger partial charge in [0.1, 0.15) is 18.0 Å². The molecule has 0 atom stereocenters. The van der Waals surface area contributed by atoms with Crippen LogP contribution in [0.25, 0.3) is 0 Å². The van der Waals surface area contributed by atoms with E-state index in [9.17, 15) is 0 Å². The molecular formula is C11H17N7. The van der Waals surface area contributed by atoms with Crippen molar-refractivity contribution in [3.63, 3.8) is 0 Å². The average molecular weight is 247 g/mol. The van der Waals surface area contributed by atoms with Crippen molar-refractivity contribution in [3.05, 3.63) is 30.6 Å². The zero-order valence-electron chi connectivity index (χ0n) is 10.3. The Morgan fingerprint density at radius 3 is 2.89 bits per heavy atom. The predicted octanol–water partition coefficient (Wildman–Crippen LogP) is 0.769. The molecule has 0 saturated heterocycles. The summed E-state index contributed by atoms with van der Waals surface area (Å²) in [6, 6.07) is 0. The number of hydrogen-bond acceptors (Lipinski definition) is 6. The van der Waals surface area contributed by atoms with Crippen molar-refractivity contribution < 1.29 is 0 Å². The van der Waals surface area contributed by atoms with Crippen molar-refractivity contribution in [2.24, 2.45) is 5.84 Å². The first-order valence-electron chi connectivity index (χ1n) is 5.79. The summed E-state index contributed by atoms with van der Waals surface area (Å²) in [7, 11) is 0. The number of nitrogens with two attached hydrogens (primary N) is 1. The molecule has 0 fully saturated rings. The van der Waals surface area contributed by atoms with E-state index in [0.717, 1.165) is 30.9 Å². The van der Waals surface area contributed by atoms with Crippen LogP contribution in [0.5, 0.6) is 0 Å². The molecule has 0 aliphatic rings. The Morgan fingerprint density at radius 2 is 2.17 bits per heavy atom. The van der Waals surface area contributed by atoms with Crippen LogP contribution in [-0.4, -0.2) is 26.1 Å². The lowest BCUT2D eigenvalue weighted by atomic mass is 10.3. The zero-order valence-corrected chi connectivity index (χ0v) is 10.3. The lowest BCUT2D eigenvalue weighted by Crippen LogP contribution is -2.13. The molecule has 0 aromatic carbocycles. The monoisotopic (exact) mass is 247 g/mol. The van der Waals surface area contributed by atoms with E-state index in [2.05, 4.69) is 25.7 Å². The van der Waals surface area contributed by atoms with Gasteiger partial charge in [-0.25, -0.2) is 20.8 Å². The third kappa shape index (κ3) is 2.95. The van der Waals surface area contributed by atoms with Gasteiger partial charge in [0.15, 0.2) is 0 Å². The molecule has 2 rings (SSSR count). The van der Waals surface area contributed by atoms with Crippen LogP contribution in [0.4, 0.5) is 11.6 Å². The standard InChI is InChI=1S/C11H17N7/c1-9-10(15-7-16-11(9)17-12)14-3-2-5-18-6-4-13-8-18/h4,6-8H,2-3,5,12H2,1H3,(H2,14,15,16,17). The second-order valence-corrected chi connectivity index (χ2v) is 3.92. The number of hydrazine groups is 1. The van der Waals surface area contributed by atoms with Crippen LogP contribution in [0.2, 0.25) is 0 Å². The third-order valence-electron chi connectivity index (χ3n) is 2.67. The van der Waals surface area contributed by atoms with Crippen LogP contribution in [0, 0.1) is 6.92 Å². The van der Waals surface area contributed by atoms with Gasteiger partial charge in [-0.15, -0.1) is 0 Å². The smallest absolute Gasteiger partial charge is 0.148 e. The molecule has 4 N–H and O–H groups in total. The SMILES string of the molecule is Cc1c(NN)ncnc1NCCCn1ccnc1. The largest absolute Gasteiger partial charge is 0.370 e. The first-order chi connectivity index (χ1) is 8.81. The highest BCUT2D eigenvalue weighted by atomic mass is 15.3. The Bertz CT molecular complexity index is 480. The minimum atomic E-state index is 0.641. The molecule has 2 aromatic heterocycles. The summed E-state index contributed by atoms with van der Waals surface area (Å²) < 4.78 is 2.04. The number of aryl methyl sites for hydroxylation is 1. The minimum Gasteiger partial charge on any atom is -0.370 e. The fraction of sp³-hybridized carbons (Fsp3) is 0.364. The van der Waals surface area contributed by atoms with E-state index < -0.39 is 0 Å². The van der Waals surface area contributed by atoms with Crippen molar-refractivity contribution in [3.8, 4) is 0 Å². The summed E-state index contributed by atoms with van der Waals surface area (Å²) in [4.78, 5) is 12.2. The maximum absolute atomic E-state index is 5.36. The number of aromatic nitrogens is 4. The molecule has 7 heteroatoms. The van der Waals surface area contributed by atoms with Crippen LogP contribution in [0.3, 0.4) is 0 Å². The van der Waals surface area contributed by atoms with Crippen molar-refractivity contribution in [2.75, 3.05) is 17.3 Å². The molecule has 0 unspecified atom stereocenters. The van der Waals surface area contributed by atoms with Crippen molar-refractivity contribution in [1.29, 1.82) is 0 Å². The molecule has 0 saturated carbocycles. The second-order valence-electron chi connectivity index (χ2n) is 3.92. The lowest BCUT2D eigenvalue weighted by molar-refractivity contribution is 0.660. The lowest BCUT2D eigenvalue weighted by Gasteiger charge is -2.10. The van der Waals surface area contributed by atoms with E-state index >= 15 is 0 Å². The van der Waals surface area contributed by atoms with Gasteiger partial charge in [0.2, 0.25) is 0 Å². The van der Waals surface area contributed by atoms with Gasteiger partial charge in [0.05, 0.1) is 6.33 Å². The molecular weight excluding hydrogens is 230 g/mol. The maximum atomic E-state index is 5.36. The van der Waals surface area contributed by atoms with Gasteiger partial charge in [0.25, 0.3) is 0 Å². The van der Waals surface area contributed by atoms with Gasteiger partial charge in [0, 0.05) is 31.0 Å². The first-order valence-corrected chi connectivity index (χ1v) is 5.79. The predicted molar refractivity (Wildman–Crippen MR) is 69.9 cm³/mol. The molecule has 0 bridgehead atoms. The fourth-order valence-corrected chi connectivity index (χ4v) is 1.66. The Kier molecular flexibility index (Phi) is 4.08. The molecule has 96 valence electrons. The van der Waals surface area contributed by atoms with E-state index in [1.54, 1.807) is 6.20 Å². The van der Waals surface area contributed by atoms with E-state index in [1.807, 2.05) is 24.0 Å². The third-order valence-corrected chi connectivity index (χ3v) is 2.67. The Morgan fingerprint density at radius 1 is 1.33 bits per heavy atom. The van der Waals surface area contributed by atoms with Gasteiger partial charge in [-0.1, -0.05) is 0 Å². The number of nitrogens with one attached hydrogen (secondary N) is 2. The van der Waals surface area contributed by atoms with E-state index in [-0.39, 0.29) is 0 Å². The average Bonchev–Trinajstić information content (AvgIpc) is 2.89. The van der Waals surface area contributed by atoms with Gasteiger partial charge in [-0.05, 0) is 13.3 Å². The van der Waals surface area contributed by atoms with E-state index in [4.69, 9.17) is 5.84 Å². The minimum absolute atomic E-state index is 0.641. The van der Waals surface area contributed by atoms with Gasteiger partial charge in [-0.3, -0.25) is 0 Å². The highest BCUT2D eigenvalue weighted by molar-refractivity contribution is 5.55. The van der Waals surface area contributed by atoms with E-state index in [1.165, 1.54) is 6.33 Å². The highest BCUT2D eigenvalue weighted by Crippen LogP contribution is 2.16. The quantitative estimate of drug-likeness (QED) is 0.396. The first kappa shape index (κ1) is 12.3. The summed E-state index contributed by atoms with van der Waals surface area (Å²) in [6.07, 6.45) is 8.02. The molecule has 0 amide bonds. The molecule has 0 aliphatic carbocycles. The molecule has 0 spiro atoms. The van der Waals surface area contributed by atoms with Crippen LogP contribution in [0.15, 0.2) is 25.0 Å². The van der Waals surface area contributed by atoms with Gasteiger partial charge >= 0.3 is 0 Å². The number of nitrogen functional groups attached to an aromatic ring is 1. The van der Waals surface area contributed by atoms with E-state index in [0.29, 0.717) is 5.82 Å². The summed E-state index contributed by atoms with van der Waals surface area (Å²) >= 11 is 0. The number of hydrogen-bond donors (Lipinski definition) is 3. The van der Waals surface area contributed by atoms with Crippen LogP contribution < -0.4 is 16.6 Å². The van der Waals surface area contributed by atoms with Crippen molar-refractivity contribution >= 4 is 11.6 Å². The molecule has 0 radical (unpaired) electrons. The topological polar surface area (TPSA) is 93.7 Å². The number of anilines is 2. The van der Waals surface area contributed by atoms with Gasteiger partial charge in [-0.2, -0.15) is 0 Å². The van der Waals surface area contributed by atoms with Crippen molar-refractivity contribution in [2.45, 2.75) is 19.9 Å². The molecule has 18 heavy (non-hydrogen) atoms. The van der Waals surface area contributed by atoms with Crippen LogP contribution in [0.1, 0.15) is 12.0 Å². The number of rotatable bonds is 6. The molecule has 2 heterocycles. The Balaban J connectivity index is 1.83. The summed E-state index contributed by atoms with van der Waals surface area (Å²) in [5, 5.41) is 3.27. The Hall–Kier alpha value is -2.15. The van der Waals surface area contributed by atoms with Crippen molar-refractivity contribution in [1.82, 2.24) is 19.5 Å². The molecule has 2 aromatic rings. The molecule has 7 nitrogen and oxygen atoms in total. The maximum Gasteiger partial charge on any atom is 0.148 e. The number of imidazole rings is 1. The Labute approximate surface area is 105 Å². The highest BCUT2D eigenvalue weighted by Gasteiger charge is 2.04.